The van der Waals surface area contributed by atoms with Gasteiger partial charge in [-0.15, -0.1) is 23.1 Å². The number of nitrogen functional groups attached to an aromatic ring is 1. The van der Waals surface area contributed by atoms with Gasteiger partial charge in [-0.3, -0.25) is 4.79 Å². The third-order valence-electron chi connectivity index (χ3n) is 3.63. The second kappa shape index (κ2) is 7.43. The van der Waals surface area contributed by atoms with Crippen LogP contribution >= 0.6 is 23.1 Å². The lowest BCUT2D eigenvalue weighted by atomic mass is 10.1. The molecular weight excluding hydrogens is 350 g/mol. The van der Waals surface area contributed by atoms with Crippen molar-refractivity contribution in [1.29, 1.82) is 5.26 Å². The van der Waals surface area contributed by atoms with Crippen LogP contribution in [0.4, 0.5) is 16.4 Å². The minimum atomic E-state index is -0.175. The maximum Gasteiger partial charge on any atom is 0.205 e. The van der Waals surface area contributed by atoms with Crippen molar-refractivity contribution in [3.8, 4) is 6.07 Å². The van der Waals surface area contributed by atoms with Crippen molar-refractivity contribution in [3.05, 3.63) is 70.6 Å². The molecule has 0 radical (unpaired) electrons. The molecule has 1 aromatic heterocycles. The largest absolute Gasteiger partial charge is 0.396 e. The van der Waals surface area contributed by atoms with Gasteiger partial charge in [0.25, 0.3) is 0 Å². The Kier molecular flexibility index (Phi) is 5.08. The zero-order valence-corrected chi connectivity index (χ0v) is 15.1. The van der Waals surface area contributed by atoms with Crippen LogP contribution in [0.25, 0.3) is 0 Å². The fourth-order valence-electron chi connectivity index (χ4n) is 2.36. The molecule has 124 valence electrons. The fraction of sp³-hybridized carbons (Fsp3) is 0.0526. The van der Waals surface area contributed by atoms with Crippen LogP contribution < -0.4 is 11.1 Å². The van der Waals surface area contributed by atoms with Crippen LogP contribution in [0.15, 0.2) is 59.5 Å². The van der Waals surface area contributed by atoms with Crippen molar-refractivity contribution in [3.63, 3.8) is 0 Å². The van der Waals surface area contributed by atoms with E-state index in [-0.39, 0.29) is 11.5 Å². The highest BCUT2D eigenvalue weighted by molar-refractivity contribution is 7.98. The van der Waals surface area contributed by atoms with Crippen molar-refractivity contribution in [2.45, 2.75) is 4.90 Å². The Labute approximate surface area is 154 Å². The zero-order valence-electron chi connectivity index (χ0n) is 13.4. The number of nitrogens with zero attached hydrogens (tertiary/aromatic N) is 1. The van der Waals surface area contributed by atoms with E-state index < -0.39 is 0 Å². The van der Waals surface area contributed by atoms with E-state index in [1.54, 1.807) is 36.0 Å². The van der Waals surface area contributed by atoms with E-state index in [1.807, 2.05) is 36.6 Å². The normalized spacial score (nSPS) is 10.2. The molecule has 0 bridgehead atoms. The van der Waals surface area contributed by atoms with E-state index in [0.717, 1.165) is 10.6 Å². The number of ketones is 1. The lowest BCUT2D eigenvalue weighted by Gasteiger charge is -2.05. The van der Waals surface area contributed by atoms with Crippen molar-refractivity contribution >= 4 is 45.3 Å². The van der Waals surface area contributed by atoms with Gasteiger partial charge in [-0.05, 0) is 24.5 Å². The lowest BCUT2D eigenvalue weighted by Crippen LogP contribution is -2.02. The summed E-state index contributed by atoms with van der Waals surface area (Å²) in [5.41, 5.74) is 8.02. The van der Waals surface area contributed by atoms with Crippen LogP contribution in [0.3, 0.4) is 0 Å². The SMILES string of the molecule is CSc1cccc(Nc2sc(C(=O)c3ccccc3)c(N)c2C#N)c1. The molecule has 0 aliphatic carbocycles. The van der Waals surface area contributed by atoms with Crippen molar-refractivity contribution in [2.75, 3.05) is 17.3 Å². The molecule has 0 aliphatic heterocycles. The Morgan fingerprint density at radius 1 is 1.20 bits per heavy atom. The number of thioether (sulfide) groups is 1. The lowest BCUT2D eigenvalue weighted by molar-refractivity contribution is 0.104. The molecule has 3 N–H and O–H groups in total. The molecule has 4 nitrogen and oxygen atoms in total. The molecule has 0 saturated carbocycles. The van der Waals surface area contributed by atoms with Crippen molar-refractivity contribution in [1.82, 2.24) is 0 Å². The summed E-state index contributed by atoms with van der Waals surface area (Å²) in [5.74, 6) is -0.175. The Morgan fingerprint density at radius 2 is 1.96 bits per heavy atom. The summed E-state index contributed by atoms with van der Waals surface area (Å²) in [6.07, 6.45) is 2.00. The number of carbonyl (C=O) groups excluding carboxylic acids is 1. The first kappa shape index (κ1) is 17.1. The van der Waals surface area contributed by atoms with Gasteiger partial charge in [0.05, 0.1) is 5.69 Å². The van der Waals surface area contributed by atoms with Gasteiger partial charge in [0, 0.05) is 16.1 Å². The maximum absolute atomic E-state index is 12.7. The van der Waals surface area contributed by atoms with Crippen LogP contribution in [0, 0.1) is 11.3 Å². The van der Waals surface area contributed by atoms with Gasteiger partial charge in [0.15, 0.2) is 0 Å². The number of hydrogen-bond donors (Lipinski definition) is 2. The smallest absolute Gasteiger partial charge is 0.205 e. The van der Waals surface area contributed by atoms with E-state index in [9.17, 15) is 10.1 Å². The molecule has 0 atom stereocenters. The summed E-state index contributed by atoms with van der Waals surface area (Å²) in [7, 11) is 0. The van der Waals surface area contributed by atoms with Crippen molar-refractivity contribution < 1.29 is 4.79 Å². The minimum absolute atomic E-state index is 0.175. The number of rotatable bonds is 5. The number of hydrogen-bond acceptors (Lipinski definition) is 6. The third-order valence-corrected chi connectivity index (χ3v) is 5.47. The standard InChI is InChI=1S/C19H15N3OS2/c1-24-14-9-5-8-13(10-14)22-19-15(11-20)16(21)18(25-19)17(23)12-6-3-2-4-7-12/h2-10,22H,21H2,1H3. The molecule has 1 heterocycles. The summed E-state index contributed by atoms with van der Waals surface area (Å²) < 4.78 is 0. The Balaban J connectivity index is 1.98. The Bertz CT molecular complexity index is 959. The average molecular weight is 365 g/mol. The Hall–Kier alpha value is -2.75. The first-order valence-corrected chi connectivity index (χ1v) is 9.51. The topological polar surface area (TPSA) is 78.9 Å². The van der Waals surface area contributed by atoms with Crippen LogP contribution in [-0.2, 0) is 0 Å². The molecule has 0 aliphatic rings. The van der Waals surface area contributed by atoms with Gasteiger partial charge >= 0.3 is 0 Å². The van der Waals surface area contributed by atoms with E-state index in [1.165, 1.54) is 11.3 Å². The van der Waals surface area contributed by atoms with Crippen LogP contribution in [0.2, 0.25) is 0 Å². The fourth-order valence-corrected chi connectivity index (χ4v) is 3.88. The van der Waals surface area contributed by atoms with Gasteiger partial charge in [-0.1, -0.05) is 36.4 Å². The van der Waals surface area contributed by atoms with E-state index >= 15 is 0 Å². The molecule has 25 heavy (non-hydrogen) atoms. The summed E-state index contributed by atoms with van der Waals surface area (Å²) >= 11 is 2.84. The monoisotopic (exact) mass is 365 g/mol. The number of anilines is 3. The second-order valence-electron chi connectivity index (χ2n) is 5.21. The van der Waals surface area contributed by atoms with Crippen LogP contribution in [0.5, 0.6) is 0 Å². The number of nitrogens with two attached hydrogens (primary N) is 1. The molecule has 0 unspecified atom stereocenters. The molecule has 0 amide bonds. The molecule has 0 spiro atoms. The molecule has 0 saturated heterocycles. The van der Waals surface area contributed by atoms with Gasteiger partial charge in [-0.2, -0.15) is 5.26 Å². The van der Waals surface area contributed by atoms with Gasteiger partial charge in [0.2, 0.25) is 5.78 Å². The van der Waals surface area contributed by atoms with E-state index in [4.69, 9.17) is 5.73 Å². The van der Waals surface area contributed by atoms with E-state index in [2.05, 4.69) is 11.4 Å². The van der Waals surface area contributed by atoms with Gasteiger partial charge < -0.3 is 11.1 Å². The average Bonchev–Trinajstić information content (AvgIpc) is 2.97. The predicted molar refractivity (Wildman–Crippen MR) is 105 cm³/mol. The molecule has 2 aromatic carbocycles. The second-order valence-corrected chi connectivity index (χ2v) is 7.11. The number of nitrogens with one attached hydrogen (secondary N) is 1. The van der Waals surface area contributed by atoms with E-state index in [0.29, 0.717) is 21.0 Å². The number of benzene rings is 2. The quantitative estimate of drug-likeness (QED) is 0.497. The highest BCUT2D eigenvalue weighted by atomic mass is 32.2. The zero-order chi connectivity index (χ0) is 17.8. The Morgan fingerprint density at radius 3 is 2.64 bits per heavy atom. The summed E-state index contributed by atoms with van der Waals surface area (Å²) in [6.45, 7) is 0. The van der Waals surface area contributed by atoms with Crippen LogP contribution in [-0.4, -0.2) is 12.0 Å². The van der Waals surface area contributed by atoms with Crippen molar-refractivity contribution in [2.24, 2.45) is 0 Å². The number of carbonyl (C=O) groups is 1. The minimum Gasteiger partial charge on any atom is -0.396 e. The molecule has 6 heteroatoms. The summed E-state index contributed by atoms with van der Waals surface area (Å²) in [5, 5.41) is 13.3. The first-order valence-electron chi connectivity index (χ1n) is 7.47. The number of nitriles is 1. The highest BCUT2D eigenvalue weighted by Crippen LogP contribution is 2.38. The predicted octanol–water partition coefficient (Wildman–Crippen LogP) is 4.90. The molecule has 0 fully saturated rings. The van der Waals surface area contributed by atoms with Gasteiger partial charge in [-0.25, -0.2) is 0 Å². The first-order chi connectivity index (χ1) is 12.1. The van der Waals surface area contributed by atoms with Gasteiger partial charge in [0.1, 0.15) is 21.5 Å². The third kappa shape index (κ3) is 3.53. The van der Waals surface area contributed by atoms with Crippen LogP contribution in [0.1, 0.15) is 20.8 Å². The molecular formula is C19H15N3OS2. The number of thiophene rings is 1. The highest BCUT2D eigenvalue weighted by Gasteiger charge is 2.22. The summed E-state index contributed by atoms with van der Waals surface area (Å²) in [4.78, 5) is 14.2. The molecule has 3 rings (SSSR count). The summed E-state index contributed by atoms with van der Waals surface area (Å²) in [6, 6.07) is 18.9. The molecule has 3 aromatic rings. The maximum atomic E-state index is 12.7.